The Morgan fingerprint density at radius 2 is 2.07 bits per heavy atom. The maximum Gasteiger partial charge on any atom is 0.238 e. The van der Waals surface area contributed by atoms with E-state index in [0.29, 0.717) is 12.3 Å². The summed E-state index contributed by atoms with van der Waals surface area (Å²) in [5, 5.41) is 13.1. The van der Waals surface area contributed by atoms with Crippen molar-refractivity contribution in [2.75, 3.05) is 19.6 Å². The van der Waals surface area contributed by atoms with E-state index in [1.165, 1.54) is 0 Å². The lowest BCUT2D eigenvalue weighted by atomic mass is 10.2. The van der Waals surface area contributed by atoms with Crippen molar-refractivity contribution in [3.8, 4) is 0 Å². The molecule has 0 spiro atoms. The van der Waals surface area contributed by atoms with Crippen LogP contribution < -0.4 is 0 Å². The molecule has 1 N–H and O–H groups in total. The van der Waals surface area contributed by atoms with E-state index in [4.69, 9.17) is 0 Å². The summed E-state index contributed by atoms with van der Waals surface area (Å²) in [6.45, 7) is 8.37. The molecule has 0 aromatic heterocycles. The van der Waals surface area contributed by atoms with E-state index in [9.17, 15) is 9.90 Å². The van der Waals surface area contributed by atoms with Gasteiger partial charge < -0.3 is 5.11 Å². The molecule has 1 aliphatic rings. The van der Waals surface area contributed by atoms with Gasteiger partial charge in [0.25, 0.3) is 0 Å². The number of carbonyl (C=O) groups is 1. The van der Waals surface area contributed by atoms with Crippen LogP contribution >= 0.6 is 0 Å². The van der Waals surface area contributed by atoms with Crippen LogP contribution in [0.25, 0.3) is 0 Å². The van der Waals surface area contributed by atoms with Crippen LogP contribution in [0, 0.1) is 5.92 Å². The molecule has 1 atom stereocenters. The van der Waals surface area contributed by atoms with Gasteiger partial charge in [-0.1, -0.05) is 13.8 Å². The van der Waals surface area contributed by atoms with Crippen molar-refractivity contribution >= 4 is 5.91 Å². The molecule has 0 saturated carbocycles. The van der Waals surface area contributed by atoms with Crippen molar-refractivity contribution in [2.24, 2.45) is 5.92 Å². The van der Waals surface area contributed by atoms with Crippen molar-refractivity contribution in [2.45, 2.75) is 39.7 Å². The minimum atomic E-state index is -0.290. The molecule has 15 heavy (non-hydrogen) atoms. The summed E-state index contributed by atoms with van der Waals surface area (Å²) in [4.78, 5) is 11.6. The predicted octanol–water partition coefficient (Wildman–Crippen LogP) is 0.863. The molecule has 1 amide bonds. The van der Waals surface area contributed by atoms with E-state index >= 15 is 0 Å². The van der Waals surface area contributed by atoms with Crippen molar-refractivity contribution in [1.82, 2.24) is 10.0 Å². The van der Waals surface area contributed by atoms with Crippen LogP contribution in [-0.2, 0) is 4.79 Å². The number of hydrogen-bond acceptors (Lipinski definition) is 3. The highest BCUT2D eigenvalue weighted by molar-refractivity contribution is 5.77. The van der Waals surface area contributed by atoms with E-state index in [2.05, 4.69) is 18.9 Å². The number of rotatable bonds is 5. The van der Waals surface area contributed by atoms with Crippen LogP contribution in [-0.4, -0.2) is 46.8 Å². The fraction of sp³-hybridized carbons (Fsp3) is 0.909. The average molecular weight is 214 g/mol. The second-order valence-corrected chi connectivity index (χ2v) is 4.71. The Balaban J connectivity index is 2.44. The molecule has 0 aromatic carbocycles. The smallest absolute Gasteiger partial charge is 0.238 e. The summed E-state index contributed by atoms with van der Waals surface area (Å²) in [6.07, 6.45) is 1.05. The summed E-state index contributed by atoms with van der Waals surface area (Å²) in [7, 11) is 0. The normalized spacial score (nSPS) is 20.3. The maximum absolute atomic E-state index is 11.6. The topological polar surface area (TPSA) is 43.8 Å². The first-order valence-electron chi connectivity index (χ1n) is 5.74. The van der Waals surface area contributed by atoms with Crippen LogP contribution in [0.15, 0.2) is 0 Å². The number of nitrogens with zero attached hydrogens (tertiary/aromatic N) is 2. The van der Waals surface area contributed by atoms with Gasteiger partial charge in [0, 0.05) is 26.1 Å². The van der Waals surface area contributed by atoms with E-state index in [1.807, 2.05) is 5.01 Å². The van der Waals surface area contributed by atoms with Gasteiger partial charge in [-0.25, -0.2) is 5.01 Å². The highest BCUT2D eigenvalue weighted by atomic mass is 16.3. The van der Waals surface area contributed by atoms with Crippen LogP contribution in [0.5, 0.6) is 0 Å². The molecule has 1 heterocycles. The maximum atomic E-state index is 11.6. The quantitative estimate of drug-likeness (QED) is 0.738. The molecule has 4 heteroatoms. The van der Waals surface area contributed by atoms with Gasteiger partial charge in [0.05, 0.1) is 6.10 Å². The molecule has 88 valence electrons. The fourth-order valence-corrected chi connectivity index (χ4v) is 1.76. The highest BCUT2D eigenvalue weighted by Gasteiger charge is 2.28. The number of amides is 1. The third kappa shape index (κ3) is 3.80. The lowest BCUT2D eigenvalue weighted by Crippen LogP contribution is -2.42. The first-order chi connectivity index (χ1) is 7.00. The van der Waals surface area contributed by atoms with E-state index in [1.54, 1.807) is 6.92 Å². The minimum Gasteiger partial charge on any atom is -0.393 e. The lowest BCUT2D eigenvalue weighted by Gasteiger charge is -2.29. The van der Waals surface area contributed by atoms with Gasteiger partial charge in [0.15, 0.2) is 0 Å². The predicted molar refractivity (Wildman–Crippen MR) is 59.0 cm³/mol. The standard InChI is InChI=1S/C11H22N2O2/c1-9(2)8-13-11(15)5-7-12(13)6-4-10(3)14/h9-10,14H,4-8H2,1-3H3. The van der Waals surface area contributed by atoms with Gasteiger partial charge in [-0.3, -0.25) is 9.80 Å². The Labute approximate surface area is 91.8 Å². The molecular weight excluding hydrogens is 192 g/mol. The monoisotopic (exact) mass is 214 g/mol. The molecule has 1 unspecified atom stereocenters. The number of carbonyl (C=O) groups excluding carboxylic acids is 1. The van der Waals surface area contributed by atoms with E-state index in [0.717, 1.165) is 26.1 Å². The zero-order valence-corrected chi connectivity index (χ0v) is 9.94. The van der Waals surface area contributed by atoms with Gasteiger partial charge in [-0.15, -0.1) is 0 Å². The average Bonchev–Trinajstić information content (AvgIpc) is 2.44. The third-order valence-corrected chi connectivity index (χ3v) is 2.56. The first-order valence-corrected chi connectivity index (χ1v) is 5.74. The van der Waals surface area contributed by atoms with Crippen LogP contribution in [0.3, 0.4) is 0 Å². The summed E-state index contributed by atoms with van der Waals surface area (Å²) in [5.74, 6) is 0.704. The molecular formula is C11H22N2O2. The second kappa shape index (κ2) is 5.47. The SMILES string of the molecule is CC(C)CN1C(=O)CCN1CCC(C)O. The van der Waals surface area contributed by atoms with E-state index < -0.39 is 0 Å². The van der Waals surface area contributed by atoms with Gasteiger partial charge in [0.1, 0.15) is 0 Å². The van der Waals surface area contributed by atoms with Crippen molar-refractivity contribution < 1.29 is 9.90 Å². The molecule has 1 saturated heterocycles. The Morgan fingerprint density at radius 3 is 2.60 bits per heavy atom. The summed E-state index contributed by atoms with van der Waals surface area (Å²) in [6, 6.07) is 0. The molecule has 0 radical (unpaired) electrons. The van der Waals surface area contributed by atoms with Crippen molar-refractivity contribution in [3.05, 3.63) is 0 Å². The Kier molecular flexibility index (Phi) is 4.54. The minimum absolute atomic E-state index is 0.217. The van der Waals surface area contributed by atoms with Gasteiger partial charge >= 0.3 is 0 Å². The van der Waals surface area contributed by atoms with Crippen LogP contribution in [0.2, 0.25) is 0 Å². The molecule has 0 aromatic rings. The lowest BCUT2D eigenvalue weighted by molar-refractivity contribution is -0.139. The van der Waals surface area contributed by atoms with Crippen LogP contribution in [0.4, 0.5) is 0 Å². The Morgan fingerprint density at radius 1 is 1.40 bits per heavy atom. The van der Waals surface area contributed by atoms with Gasteiger partial charge in [-0.2, -0.15) is 0 Å². The first kappa shape index (κ1) is 12.5. The van der Waals surface area contributed by atoms with E-state index in [-0.39, 0.29) is 12.0 Å². The summed E-state index contributed by atoms with van der Waals surface area (Å²) in [5.41, 5.74) is 0. The number of hydrogen-bond donors (Lipinski definition) is 1. The Hall–Kier alpha value is -0.610. The van der Waals surface area contributed by atoms with Crippen LogP contribution in [0.1, 0.15) is 33.6 Å². The molecule has 4 nitrogen and oxygen atoms in total. The van der Waals surface area contributed by atoms with Crippen molar-refractivity contribution in [3.63, 3.8) is 0 Å². The summed E-state index contributed by atoms with van der Waals surface area (Å²) >= 11 is 0. The molecule has 0 aliphatic carbocycles. The highest BCUT2D eigenvalue weighted by Crippen LogP contribution is 2.15. The zero-order valence-electron chi connectivity index (χ0n) is 9.94. The number of hydrazine groups is 1. The number of aliphatic hydroxyl groups excluding tert-OH is 1. The molecule has 1 aliphatic heterocycles. The third-order valence-electron chi connectivity index (χ3n) is 2.56. The van der Waals surface area contributed by atoms with Gasteiger partial charge in [0.2, 0.25) is 5.91 Å². The zero-order chi connectivity index (χ0) is 11.4. The number of aliphatic hydroxyl groups is 1. The summed E-state index contributed by atoms with van der Waals surface area (Å²) < 4.78 is 0. The molecule has 1 fully saturated rings. The van der Waals surface area contributed by atoms with Crippen molar-refractivity contribution in [1.29, 1.82) is 0 Å². The van der Waals surface area contributed by atoms with Gasteiger partial charge in [-0.05, 0) is 19.3 Å². The molecule has 0 bridgehead atoms. The molecule has 1 rings (SSSR count). The fourth-order valence-electron chi connectivity index (χ4n) is 1.76. The second-order valence-electron chi connectivity index (χ2n) is 4.71. The largest absolute Gasteiger partial charge is 0.393 e. The Bertz CT molecular complexity index is 217.